The molecule has 3 aromatic heterocycles. The summed E-state index contributed by atoms with van der Waals surface area (Å²) in [6.45, 7) is 0. The van der Waals surface area contributed by atoms with Crippen LogP contribution in [0.25, 0.3) is 80.7 Å². The molecule has 3 heterocycles. The molecule has 182 valence electrons. The van der Waals surface area contributed by atoms with Crippen molar-refractivity contribution in [2.75, 3.05) is 0 Å². The molecule has 3 heteroatoms. The second-order valence-corrected chi connectivity index (χ2v) is 11.2. The van der Waals surface area contributed by atoms with E-state index in [0.29, 0.717) is 0 Å². The van der Waals surface area contributed by atoms with E-state index >= 15 is 0 Å². The Morgan fingerprint density at radius 1 is 0.538 bits per heavy atom. The number of para-hydroxylation sites is 3. The SMILES string of the molecule is c1ccc(-n2c3ccccc3c3cc(-c4ccc5c(c4)oc4ccccc45)c4c5ccccc5sc4c32)cc1. The maximum absolute atomic E-state index is 6.31. The predicted molar refractivity (Wildman–Crippen MR) is 166 cm³/mol. The molecule has 2 nitrogen and oxygen atoms in total. The minimum Gasteiger partial charge on any atom is -0.456 e. The minimum atomic E-state index is 0.924. The Kier molecular flexibility index (Phi) is 4.24. The summed E-state index contributed by atoms with van der Waals surface area (Å²) in [4.78, 5) is 0. The maximum Gasteiger partial charge on any atom is 0.136 e. The van der Waals surface area contributed by atoms with Crippen molar-refractivity contribution >= 4 is 75.3 Å². The van der Waals surface area contributed by atoms with Gasteiger partial charge < -0.3 is 8.98 Å². The molecule has 0 bridgehead atoms. The summed E-state index contributed by atoms with van der Waals surface area (Å²) in [6, 6.07) is 45.7. The Morgan fingerprint density at radius 2 is 1.26 bits per heavy atom. The van der Waals surface area contributed by atoms with Gasteiger partial charge in [-0.15, -0.1) is 11.3 Å². The third kappa shape index (κ3) is 2.91. The second kappa shape index (κ2) is 7.83. The number of benzene rings is 6. The fraction of sp³-hybridized carbons (Fsp3) is 0. The van der Waals surface area contributed by atoms with Gasteiger partial charge in [-0.25, -0.2) is 0 Å². The Hall–Kier alpha value is -4.86. The van der Waals surface area contributed by atoms with Gasteiger partial charge in [0.2, 0.25) is 0 Å². The summed E-state index contributed by atoms with van der Waals surface area (Å²) in [5.74, 6) is 0. The first-order chi connectivity index (χ1) is 19.3. The van der Waals surface area contributed by atoms with E-state index in [0.717, 1.165) is 21.9 Å². The van der Waals surface area contributed by atoms with Crippen LogP contribution in [0, 0.1) is 0 Å². The third-order valence-electron chi connectivity index (χ3n) is 7.99. The maximum atomic E-state index is 6.31. The highest BCUT2D eigenvalue weighted by molar-refractivity contribution is 7.26. The lowest BCUT2D eigenvalue weighted by Crippen LogP contribution is -1.93. The molecule has 0 atom stereocenters. The highest BCUT2D eigenvalue weighted by Crippen LogP contribution is 2.47. The summed E-state index contributed by atoms with van der Waals surface area (Å²) >= 11 is 1.89. The number of thiophene rings is 1. The Balaban J connectivity index is 1.47. The average Bonchev–Trinajstić information content (AvgIpc) is 3.66. The van der Waals surface area contributed by atoms with Gasteiger partial charge >= 0.3 is 0 Å². The molecule has 0 spiro atoms. The normalized spacial score (nSPS) is 12.1. The molecule has 39 heavy (non-hydrogen) atoms. The highest BCUT2D eigenvalue weighted by atomic mass is 32.1. The molecular formula is C36H21NOS. The van der Waals surface area contributed by atoms with Crippen molar-refractivity contribution in [1.29, 1.82) is 0 Å². The van der Waals surface area contributed by atoms with E-state index in [1.54, 1.807) is 0 Å². The van der Waals surface area contributed by atoms with E-state index in [9.17, 15) is 0 Å². The molecule has 0 fully saturated rings. The van der Waals surface area contributed by atoms with Crippen LogP contribution < -0.4 is 0 Å². The zero-order chi connectivity index (χ0) is 25.5. The monoisotopic (exact) mass is 515 g/mol. The van der Waals surface area contributed by atoms with Gasteiger partial charge in [0.15, 0.2) is 0 Å². The fourth-order valence-electron chi connectivity index (χ4n) is 6.30. The average molecular weight is 516 g/mol. The van der Waals surface area contributed by atoms with Gasteiger partial charge in [-0.2, -0.15) is 0 Å². The Bertz CT molecular complexity index is 2390. The molecule has 0 saturated carbocycles. The first kappa shape index (κ1) is 21.1. The molecule has 0 aliphatic heterocycles. The molecular weight excluding hydrogens is 494 g/mol. The number of hydrogen-bond acceptors (Lipinski definition) is 2. The smallest absolute Gasteiger partial charge is 0.136 e. The lowest BCUT2D eigenvalue weighted by molar-refractivity contribution is 0.669. The number of fused-ring (bicyclic) bond motifs is 10. The lowest BCUT2D eigenvalue weighted by atomic mass is 9.96. The van der Waals surface area contributed by atoms with Gasteiger partial charge in [0, 0.05) is 42.7 Å². The molecule has 6 aromatic carbocycles. The van der Waals surface area contributed by atoms with Crippen molar-refractivity contribution in [2.24, 2.45) is 0 Å². The van der Waals surface area contributed by atoms with Crippen LogP contribution in [-0.4, -0.2) is 4.57 Å². The topological polar surface area (TPSA) is 18.1 Å². The lowest BCUT2D eigenvalue weighted by Gasteiger charge is -2.11. The van der Waals surface area contributed by atoms with Gasteiger partial charge in [-0.3, -0.25) is 0 Å². The van der Waals surface area contributed by atoms with E-state index in [-0.39, 0.29) is 0 Å². The second-order valence-electron chi connectivity index (χ2n) is 10.1. The van der Waals surface area contributed by atoms with Crippen LogP contribution in [0.4, 0.5) is 0 Å². The number of rotatable bonds is 2. The third-order valence-corrected chi connectivity index (χ3v) is 9.16. The largest absolute Gasteiger partial charge is 0.456 e. The van der Waals surface area contributed by atoms with E-state index in [4.69, 9.17) is 4.42 Å². The fourth-order valence-corrected chi connectivity index (χ4v) is 7.56. The number of furan rings is 1. The molecule has 0 aliphatic carbocycles. The van der Waals surface area contributed by atoms with E-state index in [2.05, 4.69) is 120 Å². The first-order valence-corrected chi connectivity index (χ1v) is 14.0. The summed E-state index contributed by atoms with van der Waals surface area (Å²) in [7, 11) is 0. The van der Waals surface area contributed by atoms with E-state index in [1.807, 2.05) is 23.5 Å². The highest BCUT2D eigenvalue weighted by Gasteiger charge is 2.21. The molecule has 9 rings (SSSR count). The zero-order valence-corrected chi connectivity index (χ0v) is 21.7. The Labute approximate surface area is 227 Å². The summed E-state index contributed by atoms with van der Waals surface area (Å²) in [5, 5.41) is 7.45. The minimum absolute atomic E-state index is 0.924. The summed E-state index contributed by atoms with van der Waals surface area (Å²) in [6.07, 6.45) is 0. The van der Waals surface area contributed by atoms with Crippen molar-refractivity contribution in [3.63, 3.8) is 0 Å². The van der Waals surface area contributed by atoms with Crippen LogP contribution >= 0.6 is 11.3 Å². The van der Waals surface area contributed by atoms with Crippen LogP contribution in [0.3, 0.4) is 0 Å². The van der Waals surface area contributed by atoms with Crippen LogP contribution in [0.2, 0.25) is 0 Å². The van der Waals surface area contributed by atoms with Crippen molar-refractivity contribution in [1.82, 2.24) is 4.57 Å². The van der Waals surface area contributed by atoms with Gasteiger partial charge in [0.05, 0.1) is 15.7 Å². The van der Waals surface area contributed by atoms with Gasteiger partial charge in [0.25, 0.3) is 0 Å². The molecule has 0 N–H and O–H groups in total. The van der Waals surface area contributed by atoms with E-state index in [1.165, 1.54) is 58.8 Å². The van der Waals surface area contributed by atoms with Crippen molar-refractivity contribution in [3.05, 3.63) is 127 Å². The van der Waals surface area contributed by atoms with Crippen molar-refractivity contribution < 1.29 is 4.42 Å². The molecule has 0 radical (unpaired) electrons. The molecule has 0 saturated heterocycles. The summed E-state index contributed by atoms with van der Waals surface area (Å²) in [5.41, 5.74) is 7.94. The van der Waals surface area contributed by atoms with Crippen LogP contribution in [-0.2, 0) is 0 Å². The number of nitrogens with zero attached hydrogens (tertiary/aromatic N) is 1. The zero-order valence-electron chi connectivity index (χ0n) is 20.9. The van der Waals surface area contributed by atoms with E-state index < -0.39 is 0 Å². The molecule has 0 aliphatic rings. The number of aromatic nitrogens is 1. The van der Waals surface area contributed by atoms with Gasteiger partial charge in [-0.05, 0) is 59.7 Å². The standard InChI is InChI=1S/C36H21NOS/c1-2-10-23(11-3-1)37-30-15-7-4-12-24(30)29-21-28(34-27-14-6-9-17-33(27)39-36(34)35(29)37)22-18-19-26-25-13-5-8-16-31(25)38-32(26)20-22/h1-21H. The first-order valence-electron chi connectivity index (χ1n) is 13.2. The molecule has 0 amide bonds. The summed E-state index contributed by atoms with van der Waals surface area (Å²) < 4.78 is 11.4. The van der Waals surface area contributed by atoms with Crippen LogP contribution in [0.5, 0.6) is 0 Å². The Morgan fingerprint density at radius 3 is 2.15 bits per heavy atom. The van der Waals surface area contributed by atoms with Gasteiger partial charge in [0.1, 0.15) is 11.2 Å². The van der Waals surface area contributed by atoms with Gasteiger partial charge in [-0.1, -0.05) is 78.9 Å². The predicted octanol–water partition coefficient (Wildman–Crippen LogP) is 10.7. The quantitative estimate of drug-likeness (QED) is 0.224. The van der Waals surface area contributed by atoms with Crippen molar-refractivity contribution in [2.45, 2.75) is 0 Å². The van der Waals surface area contributed by atoms with Crippen LogP contribution in [0.15, 0.2) is 132 Å². The molecule has 0 unspecified atom stereocenters. The van der Waals surface area contributed by atoms with Crippen molar-refractivity contribution in [3.8, 4) is 16.8 Å². The number of hydrogen-bond donors (Lipinski definition) is 0. The molecule has 9 aromatic rings. The van der Waals surface area contributed by atoms with Crippen LogP contribution in [0.1, 0.15) is 0 Å².